The third-order valence-corrected chi connectivity index (χ3v) is 5.79. The molecule has 0 amide bonds. The van der Waals surface area contributed by atoms with Crippen molar-refractivity contribution < 1.29 is 5.11 Å². The van der Waals surface area contributed by atoms with Crippen molar-refractivity contribution >= 4 is 11.8 Å². The summed E-state index contributed by atoms with van der Waals surface area (Å²) in [6.45, 7) is 2.23. The molecule has 0 heterocycles. The Morgan fingerprint density at radius 1 is 0.708 bits per heavy atom. The normalized spacial score (nSPS) is 12.8. The molecule has 0 aliphatic heterocycles. The van der Waals surface area contributed by atoms with E-state index in [1.54, 1.807) is 11.8 Å². The fraction of sp³-hybridized carbons (Fsp3) is 0.182. The molecule has 1 N–H and O–H groups in total. The minimum Gasteiger partial charge on any atom is -0.395 e. The van der Waals surface area contributed by atoms with Crippen molar-refractivity contribution in [2.75, 3.05) is 6.61 Å². The van der Waals surface area contributed by atoms with Crippen LogP contribution in [-0.2, 0) is 4.75 Å². The highest BCUT2D eigenvalue weighted by Crippen LogP contribution is 2.49. The first kappa shape index (κ1) is 16.8. The molecule has 0 spiro atoms. The molecule has 1 atom stereocenters. The molecular formula is C22H22OS. The average Bonchev–Trinajstić information content (AvgIpc) is 2.68. The van der Waals surface area contributed by atoms with Crippen LogP contribution in [0.3, 0.4) is 0 Å². The van der Waals surface area contributed by atoms with Gasteiger partial charge in [0.2, 0.25) is 0 Å². The Labute approximate surface area is 148 Å². The van der Waals surface area contributed by atoms with Gasteiger partial charge in [-0.05, 0) is 16.7 Å². The summed E-state index contributed by atoms with van der Waals surface area (Å²) in [5, 5.41) is 9.83. The van der Waals surface area contributed by atoms with E-state index in [-0.39, 0.29) is 16.6 Å². The van der Waals surface area contributed by atoms with Crippen LogP contribution in [0, 0.1) is 0 Å². The monoisotopic (exact) mass is 334 g/mol. The summed E-state index contributed by atoms with van der Waals surface area (Å²) >= 11 is 1.80. The van der Waals surface area contributed by atoms with E-state index in [0.717, 1.165) is 0 Å². The highest BCUT2D eigenvalue weighted by Gasteiger charge is 2.38. The van der Waals surface area contributed by atoms with E-state index in [1.165, 1.54) is 16.7 Å². The Kier molecular flexibility index (Phi) is 5.39. The van der Waals surface area contributed by atoms with E-state index in [2.05, 4.69) is 79.7 Å². The van der Waals surface area contributed by atoms with Crippen molar-refractivity contribution in [1.29, 1.82) is 0 Å². The van der Waals surface area contributed by atoms with Crippen LogP contribution >= 0.6 is 11.8 Å². The van der Waals surface area contributed by atoms with E-state index in [9.17, 15) is 5.11 Å². The molecule has 0 radical (unpaired) electrons. The van der Waals surface area contributed by atoms with Crippen LogP contribution in [0.15, 0.2) is 91.0 Å². The Balaban J connectivity index is 2.28. The third kappa shape index (κ3) is 3.26. The second kappa shape index (κ2) is 7.69. The van der Waals surface area contributed by atoms with Gasteiger partial charge >= 0.3 is 0 Å². The second-order valence-corrected chi connectivity index (χ2v) is 7.54. The lowest BCUT2D eigenvalue weighted by atomic mass is 9.84. The Bertz CT molecular complexity index is 644. The van der Waals surface area contributed by atoms with Crippen LogP contribution in [0.4, 0.5) is 0 Å². The Morgan fingerprint density at radius 3 is 1.33 bits per heavy atom. The van der Waals surface area contributed by atoms with Gasteiger partial charge in [0, 0.05) is 5.25 Å². The van der Waals surface area contributed by atoms with E-state index in [4.69, 9.17) is 0 Å². The lowest BCUT2D eigenvalue weighted by Crippen LogP contribution is -2.28. The maximum absolute atomic E-state index is 9.72. The van der Waals surface area contributed by atoms with E-state index in [0.29, 0.717) is 0 Å². The summed E-state index contributed by atoms with van der Waals surface area (Å²) in [5.74, 6) is 0. The van der Waals surface area contributed by atoms with Crippen LogP contribution < -0.4 is 0 Å². The zero-order valence-corrected chi connectivity index (χ0v) is 14.6. The average molecular weight is 334 g/mol. The zero-order valence-electron chi connectivity index (χ0n) is 13.8. The fourth-order valence-corrected chi connectivity index (χ4v) is 4.56. The molecule has 0 fully saturated rings. The molecule has 0 aliphatic carbocycles. The summed E-state index contributed by atoms with van der Waals surface area (Å²) in [4.78, 5) is 0. The molecule has 3 aromatic carbocycles. The summed E-state index contributed by atoms with van der Waals surface area (Å²) < 4.78 is -0.341. The van der Waals surface area contributed by atoms with Gasteiger partial charge in [0.25, 0.3) is 0 Å². The van der Waals surface area contributed by atoms with Crippen LogP contribution in [-0.4, -0.2) is 17.0 Å². The van der Waals surface area contributed by atoms with E-state index in [1.807, 2.05) is 18.2 Å². The predicted octanol–water partition coefficient (Wildman–Crippen LogP) is 5.09. The maximum Gasteiger partial charge on any atom is 0.0910 e. The van der Waals surface area contributed by atoms with Gasteiger partial charge in [0.15, 0.2) is 0 Å². The van der Waals surface area contributed by atoms with Gasteiger partial charge in [-0.15, -0.1) is 11.8 Å². The number of thioether (sulfide) groups is 1. The summed E-state index contributed by atoms with van der Waals surface area (Å²) in [5.41, 5.74) is 3.69. The van der Waals surface area contributed by atoms with E-state index < -0.39 is 0 Å². The summed E-state index contributed by atoms with van der Waals surface area (Å²) in [6, 6.07) is 31.7. The van der Waals surface area contributed by atoms with Crippen molar-refractivity contribution in [2.24, 2.45) is 0 Å². The first-order chi connectivity index (χ1) is 11.8. The molecule has 3 rings (SSSR count). The molecule has 0 unspecified atom stereocenters. The quantitative estimate of drug-likeness (QED) is 0.633. The first-order valence-corrected chi connectivity index (χ1v) is 9.10. The van der Waals surface area contributed by atoms with Gasteiger partial charge < -0.3 is 5.11 Å². The van der Waals surface area contributed by atoms with E-state index >= 15 is 0 Å². The SMILES string of the molecule is C[C@H](CO)SC(c1ccccc1)(c1ccccc1)c1ccccc1. The number of rotatable bonds is 6. The lowest BCUT2D eigenvalue weighted by molar-refractivity contribution is 0.299. The van der Waals surface area contributed by atoms with Gasteiger partial charge in [-0.1, -0.05) is 97.9 Å². The topological polar surface area (TPSA) is 20.2 Å². The van der Waals surface area contributed by atoms with Crippen LogP contribution in [0.25, 0.3) is 0 Å². The Morgan fingerprint density at radius 2 is 1.04 bits per heavy atom. The molecule has 3 aromatic rings. The molecule has 24 heavy (non-hydrogen) atoms. The molecule has 0 saturated heterocycles. The van der Waals surface area contributed by atoms with Gasteiger partial charge in [0.05, 0.1) is 11.4 Å². The molecule has 0 bridgehead atoms. The number of aliphatic hydroxyl groups is 1. The smallest absolute Gasteiger partial charge is 0.0910 e. The minimum absolute atomic E-state index is 0.116. The fourth-order valence-electron chi connectivity index (χ4n) is 3.06. The highest BCUT2D eigenvalue weighted by molar-refractivity contribution is 8.01. The standard InChI is InChI=1S/C22H22OS/c1-18(17-23)24-22(19-11-5-2-6-12-19,20-13-7-3-8-14-20)21-15-9-4-10-16-21/h2-16,18,23H,17H2,1H3/t18-/m1/s1. The number of hydrogen-bond acceptors (Lipinski definition) is 2. The van der Waals surface area contributed by atoms with Gasteiger partial charge in [-0.25, -0.2) is 0 Å². The molecule has 122 valence electrons. The Hall–Kier alpha value is -2.03. The van der Waals surface area contributed by atoms with Crippen molar-refractivity contribution in [2.45, 2.75) is 16.9 Å². The van der Waals surface area contributed by atoms with Crippen molar-refractivity contribution in [3.05, 3.63) is 108 Å². The van der Waals surface area contributed by atoms with Gasteiger partial charge in [-0.2, -0.15) is 0 Å². The van der Waals surface area contributed by atoms with Crippen LogP contribution in [0.2, 0.25) is 0 Å². The molecule has 2 heteroatoms. The number of benzene rings is 3. The number of aliphatic hydroxyl groups excluding tert-OH is 1. The number of hydrogen-bond donors (Lipinski definition) is 1. The highest BCUT2D eigenvalue weighted by atomic mass is 32.2. The minimum atomic E-state index is -0.341. The van der Waals surface area contributed by atoms with Crippen molar-refractivity contribution in [1.82, 2.24) is 0 Å². The zero-order chi connectivity index (χ0) is 16.8. The molecule has 0 saturated carbocycles. The van der Waals surface area contributed by atoms with Crippen molar-refractivity contribution in [3.63, 3.8) is 0 Å². The third-order valence-electron chi connectivity index (χ3n) is 4.18. The molecule has 0 aromatic heterocycles. The van der Waals surface area contributed by atoms with Gasteiger partial charge in [0.1, 0.15) is 0 Å². The van der Waals surface area contributed by atoms with Crippen LogP contribution in [0.1, 0.15) is 23.6 Å². The molecule has 0 aliphatic rings. The molecule has 1 nitrogen and oxygen atoms in total. The van der Waals surface area contributed by atoms with Gasteiger partial charge in [-0.3, -0.25) is 0 Å². The van der Waals surface area contributed by atoms with Crippen LogP contribution in [0.5, 0.6) is 0 Å². The molecular weight excluding hydrogens is 312 g/mol. The largest absolute Gasteiger partial charge is 0.395 e. The first-order valence-electron chi connectivity index (χ1n) is 8.22. The second-order valence-electron chi connectivity index (χ2n) is 5.89. The maximum atomic E-state index is 9.72. The van der Waals surface area contributed by atoms with Crippen molar-refractivity contribution in [3.8, 4) is 0 Å². The predicted molar refractivity (Wildman–Crippen MR) is 103 cm³/mol. The summed E-state index contributed by atoms with van der Waals surface area (Å²) in [7, 11) is 0. The summed E-state index contributed by atoms with van der Waals surface area (Å²) in [6.07, 6.45) is 0. The lowest BCUT2D eigenvalue weighted by Gasteiger charge is -2.37.